The number of hydrogen-bond acceptors (Lipinski definition) is 5. The predicted molar refractivity (Wildman–Crippen MR) is 106 cm³/mol. The second-order valence-corrected chi connectivity index (χ2v) is 6.20. The molecule has 6 nitrogen and oxygen atoms in total. The van der Waals surface area contributed by atoms with Gasteiger partial charge in [-0.1, -0.05) is 30.3 Å². The summed E-state index contributed by atoms with van der Waals surface area (Å²) < 4.78 is 16.4. The molecule has 1 heterocycles. The van der Waals surface area contributed by atoms with Crippen LogP contribution in [0.4, 0.5) is 4.79 Å². The van der Waals surface area contributed by atoms with E-state index in [1.807, 2.05) is 61.5 Å². The van der Waals surface area contributed by atoms with E-state index in [4.69, 9.17) is 13.9 Å². The number of carbonyl (C=O) groups is 1. The first kappa shape index (κ1) is 19.5. The fraction of sp³-hybridized carbons (Fsp3) is 0.273. The Hall–Kier alpha value is -3.28. The third-order valence-corrected chi connectivity index (χ3v) is 4.16. The van der Waals surface area contributed by atoms with Crippen molar-refractivity contribution >= 4 is 6.09 Å². The number of oxazole rings is 1. The lowest BCUT2D eigenvalue weighted by atomic mass is 10.2. The van der Waals surface area contributed by atoms with E-state index in [-0.39, 0.29) is 0 Å². The van der Waals surface area contributed by atoms with Gasteiger partial charge < -0.3 is 19.2 Å². The first-order valence-corrected chi connectivity index (χ1v) is 9.30. The summed E-state index contributed by atoms with van der Waals surface area (Å²) in [7, 11) is 0. The normalized spacial score (nSPS) is 10.5. The molecular formula is C22H24N2O4. The zero-order valence-electron chi connectivity index (χ0n) is 16.1. The van der Waals surface area contributed by atoms with Crippen LogP contribution < -0.4 is 10.1 Å². The standard InChI is InChI=1S/C22H24N2O4/c1-3-26-22(25)23-15-17-9-11-19(12-10-17)27-14-13-20-16(2)28-21(24-20)18-7-5-4-6-8-18/h4-12H,3,13-15H2,1-2H3,(H,23,25). The van der Waals surface area contributed by atoms with Gasteiger partial charge in [-0.25, -0.2) is 9.78 Å². The summed E-state index contributed by atoms with van der Waals surface area (Å²) in [6.07, 6.45) is 0.245. The van der Waals surface area contributed by atoms with Gasteiger partial charge >= 0.3 is 6.09 Å². The van der Waals surface area contributed by atoms with Gasteiger partial charge in [0.05, 0.1) is 18.9 Å². The van der Waals surface area contributed by atoms with Gasteiger partial charge in [0.1, 0.15) is 11.5 Å². The number of benzene rings is 2. The topological polar surface area (TPSA) is 73.6 Å². The molecule has 6 heteroatoms. The summed E-state index contributed by atoms with van der Waals surface area (Å²) in [5.74, 6) is 2.21. The van der Waals surface area contributed by atoms with Crippen molar-refractivity contribution in [2.24, 2.45) is 0 Å². The zero-order chi connectivity index (χ0) is 19.8. The molecule has 1 N–H and O–H groups in total. The molecule has 0 spiro atoms. The van der Waals surface area contributed by atoms with E-state index in [9.17, 15) is 4.79 Å². The maximum atomic E-state index is 11.3. The largest absolute Gasteiger partial charge is 0.493 e. The second kappa shape index (κ2) is 9.60. The van der Waals surface area contributed by atoms with E-state index in [1.54, 1.807) is 6.92 Å². The molecule has 3 aromatic rings. The Morgan fingerprint density at radius 2 is 1.86 bits per heavy atom. The lowest BCUT2D eigenvalue weighted by molar-refractivity contribution is 0.151. The smallest absolute Gasteiger partial charge is 0.407 e. The molecule has 0 saturated heterocycles. The van der Waals surface area contributed by atoms with Gasteiger partial charge in [-0.15, -0.1) is 0 Å². The number of aryl methyl sites for hydroxylation is 1. The van der Waals surface area contributed by atoms with Crippen LogP contribution in [0.25, 0.3) is 11.5 Å². The lowest BCUT2D eigenvalue weighted by Crippen LogP contribution is -2.23. The maximum Gasteiger partial charge on any atom is 0.407 e. The Morgan fingerprint density at radius 3 is 2.57 bits per heavy atom. The first-order valence-electron chi connectivity index (χ1n) is 9.30. The highest BCUT2D eigenvalue weighted by atomic mass is 16.5. The van der Waals surface area contributed by atoms with Gasteiger partial charge in [0, 0.05) is 18.5 Å². The molecule has 0 fully saturated rings. The van der Waals surface area contributed by atoms with Gasteiger partial charge in [-0.3, -0.25) is 0 Å². The highest BCUT2D eigenvalue weighted by molar-refractivity contribution is 5.67. The summed E-state index contributed by atoms with van der Waals surface area (Å²) >= 11 is 0. The maximum absolute atomic E-state index is 11.3. The molecule has 28 heavy (non-hydrogen) atoms. The third-order valence-electron chi connectivity index (χ3n) is 4.16. The minimum atomic E-state index is -0.416. The van der Waals surface area contributed by atoms with E-state index >= 15 is 0 Å². The number of amides is 1. The first-order chi connectivity index (χ1) is 13.7. The minimum Gasteiger partial charge on any atom is -0.493 e. The highest BCUT2D eigenvalue weighted by Crippen LogP contribution is 2.22. The van der Waals surface area contributed by atoms with Gasteiger partial charge in [0.15, 0.2) is 0 Å². The van der Waals surface area contributed by atoms with Crippen molar-refractivity contribution in [1.82, 2.24) is 10.3 Å². The van der Waals surface area contributed by atoms with E-state index in [0.717, 1.165) is 28.3 Å². The van der Waals surface area contributed by atoms with Crippen molar-refractivity contribution in [3.05, 3.63) is 71.6 Å². The summed E-state index contributed by atoms with van der Waals surface area (Å²) in [6, 6.07) is 17.4. The average Bonchev–Trinajstić information content (AvgIpc) is 3.09. The van der Waals surface area contributed by atoms with Crippen LogP contribution in [0.3, 0.4) is 0 Å². The summed E-state index contributed by atoms with van der Waals surface area (Å²) in [6.45, 7) is 4.97. The second-order valence-electron chi connectivity index (χ2n) is 6.20. The van der Waals surface area contributed by atoms with E-state index in [1.165, 1.54) is 0 Å². The molecule has 0 unspecified atom stereocenters. The molecule has 0 aliphatic carbocycles. The number of nitrogens with zero attached hydrogens (tertiary/aromatic N) is 1. The van der Waals surface area contributed by atoms with Crippen LogP contribution in [0.5, 0.6) is 5.75 Å². The van der Waals surface area contributed by atoms with Crippen molar-refractivity contribution in [2.75, 3.05) is 13.2 Å². The summed E-state index contributed by atoms with van der Waals surface area (Å²) in [5.41, 5.74) is 2.83. The third kappa shape index (κ3) is 5.36. The van der Waals surface area contributed by atoms with Gasteiger partial charge in [-0.2, -0.15) is 0 Å². The number of ether oxygens (including phenoxy) is 2. The fourth-order valence-corrected chi connectivity index (χ4v) is 2.69. The van der Waals surface area contributed by atoms with Crippen LogP contribution in [0.15, 0.2) is 59.0 Å². The van der Waals surface area contributed by atoms with Crippen LogP contribution in [0.2, 0.25) is 0 Å². The monoisotopic (exact) mass is 380 g/mol. The molecule has 0 radical (unpaired) electrons. The molecule has 1 amide bonds. The molecule has 1 aromatic heterocycles. The Labute approximate surface area is 164 Å². The summed E-state index contributed by atoms with van der Waals surface area (Å²) in [4.78, 5) is 15.9. The molecule has 3 rings (SSSR count). The number of aromatic nitrogens is 1. The Balaban J connectivity index is 1.49. The van der Waals surface area contributed by atoms with Crippen molar-refractivity contribution in [1.29, 1.82) is 0 Å². The lowest BCUT2D eigenvalue weighted by Gasteiger charge is -2.08. The van der Waals surface area contributed by atoms with Crippen LogP contribution in [0.1, 0.15) is 23.9 Å². The van der Waals surface area contributed by atoms with Crippen molar-refractivity contribution in [2.45, 2.75) is 26.8 Å². The van der Waals surface area contributed by atoms with Crippen molar-refractivity contribution in [3.8, 4) is 17.2 Å². The fourth-order valence-electron chi connectivity index (χ4n) is 2.69. The molecule has 0 atom stereocenters. The van der Waals surface area contributed by atoms with E-state index in [0.29, 0.717) is 32.1 Å². The molecule has 0 bridgehead atoms. The Bertz CT molecular complexity index is 889. The van der Waals surface area contributed by atoms with Gasteiger partial charge in [-0.05, 0) is 43.7 Å². The van der Waals surface area contributed by atoms with E-state index in [2.05, 4.69) is 10.3 Å². The van der Waals surface area contributed by atoms with Crippen LogP contribution in [0, 0.1) is 6.92 Å². The van der Waals surface area contributed by atoms with Crippen molar-refractivity contribution < 1.29 is 18.7 Å². The molecular weight excluding hydrogens is 356 g/mol. The number of carbonyl (C=O) groups excluding carboxylic acids is 1. The van der Waals surface area contributed by atoms with Crippen LogP contribution in [-0.2, 0) is 17.7 Å². The molecule has 0 aliphatic heterocycles. The van der Waals surface area contributed by atoms with Gasteiger partial charge in [0.2, 0.25) is 5.89 Å². The highest BCUT2D eigenvalue weighted by Gasteiger charge is 2.11. The number of rotatable bonds is 8. The summed E-state index contributed by atoms with van der Waals surface area (Å²) in [5, 5.41) is 2.69. The molecule has 0 saturated carbocycles. The van der Waals surface area contributed by atoms with Crippen LogP contribution >= 0.6 is 0 Å². The zero-order valence-corrected chi connectivity index (χ0v) is 16.1. The SMILES string of the molecule is CCOC(=O)NCc1ccc(OCCc2nc(-c3ccccc3)oc2C)cc1. The molecule has 146 valence electrons. The van der Waals surface area contributed by atoms with Crippen LogP contribution in [-0.4, -0.2) is 24.3 Å². The van der Waals surface area contributed by atoms with Crippen molar-refractivity contribution in [3.63, 3.8) is 0 Å². The molecule has 2 aromatic carbocycles. The number of nitrogens with one attached hydrogen (secondary N) is 1. The quantitative estimate of drug-likeness (QED) is 0.622. The van der Waals surface area contributed by atoms with E-state index < -0.39 is 6.09 Å². The Kier molecular flexibility index (Phi) is 6.68. The van der Waals surface area contributed by atoms with Gasteiger partial charge in [0.25, 0.3) is 0 Å². The average molecular weight is 380 g/mol. The minimum absolute atomic E-state index is 0.358. The predicted octanol–water partition coefficient (Wildman–Crippen LogP) is 4.52. The molecule has 0 aliphatic rings. The number of hydrogen-bond donors (Lipinski definition) is 1. The number of alkyl carbamates (subject to hydrolysis) is 1. The Morgan fingerprint density at radius 1 is 1.11 bits per heavy atom.